The van der Waals surface area contributed by atoms with E-state index in [1.165, 1.54) is 23.1 Å². The lowest BCUT2D eigenvalue weighted by molar-refractivity contribution is -0.118. The average molecular weight is 434 g/mol. The lowest BCUT2D eigenvalue weighted by atomic mass is 10.2. The van der Waals surface area contributed by atoms with Crippen LogP contribution in [0.15, 0.2) is 39.6 Å². The summed E-state index contributed by atoms with van der Waals surface area (Å²) in [6.45, 7) is 2.96. The first-order valence-electron chi connectivity index (χ1n) is 9.15. The highest BCUT2D eigenvalue weighted by Gasteiger charge is 2.14. The molecule has 0 bridgehead atoms. The number of thiophene rings is 1. The normalized spacial score (nSPS) is 10.9. The highest BCUT2D eigenvalue weighted by Crippen LogP contribution is 2.27. The van der Waals surface area contributed by atoms with Crippen LogP contribution in [-0.2, 0) is 17.9 Å². The number of rotatable bonds is 9. The Balaban J connectivity index is 1.65. The van der Waals surface area contributed by atoms with E-state index in [9.17, 15) is 9.59 Å². The molecule has 29 heavy (non-hydrogen) atoms. The van der Waals surface area contributed by atoms with Gasteiger partial charge < -0.3 is 14.8 Å². The molecule has 0 aliphatic heterocycles. The zero-order chi connectivity index (χ0) is 20.8. The molecule has 0 aliphatic rings. The lowest BCUT2D eigenvalue weighted by Crippen LogP contribution is -2.26. The number of methoxy groups -OCH3 is 2. The van der Waals surface area contributed by atoms with Gasteiger partial charge in [0.2, 0.25) is 5.91 Å². The molecule has 9 heteroatoms. The van der Waals surface area contributed by atoms with Crippen molar-refractivity contribution in [3.63, 3.8) is 0 Å². The van der Waals surface area contributed by atoms with Gasteiger partial charge in [-0.2, -0.15) is 0 Å². The molecule has 3 rings (SSSR count). The van der Waals surface area contributed by atoms with Gasteiger partial charge in [0.25, 0.3) is 5.56 Å². The molecule has 2 aromatic heterocycles. The fourth-order valence-corrected chi connectivity index (χ4v) is 4.46. The molecule has 2 heterocycles. The summed E-state index contributed by atoms with van der Waals surface area (Å²) in [6.07, 6.45) is 0.817. The predicted molar refractivity (Wildman–Crippen MR) is 116 cm³/mol. The van der Waals surface area contributed by atoms with Crippen LogP contribution in [0.4, 0.5) is 0 Å². The monoisotopic (exact) mass is 433 g/mol. The zero-order valence-electron chi connectivity index (χ0n) is 16.6. The number of nitrogens with zero attached hydrogens (tertiary/aromatic N) is 2. The number of fused-ring (bicyclic) bond motifs is 1. The van der Waals surface area contributed by atoms with Crippen LogP contribution in [0.3, 0.4) is 0 Å². The maximum atomic E-state index is 12.7. The molecule has 3 aromatic rings. The second kappa shape index (κ2) is 9.80. The fraction of sp³-hybridized carbons (Fsp3) is 0.350. The number of thioether (sulfide) groups is 1. The number of ether oxygens (including phenoxy) is 2. The van der Waals surface area contributed by atoms with E-state index in [0.717, 1.165) is 12.0 Å². The van der Waals surface area contributed by atoms with E-state index in [2.05, 4.69) is 10.3 Å². The molecule has 0 spiro atoms. The molecule has 0 radical (unpaired) electrons. The van der Waals surface area contributed by atoms with Gasteiger partial charge in [0.15, 0.2) is 16.7 Å². The number of hydrogen-bond donors (Lipinski definition) is 1. The first-order valence-corrected chi connectivity index (χ1v) is 11.0. The van der Waals surface area contributed by atoms with Crippen LogP contribution >= 0.6 is 23.1 Å². The van der Waals surface area contributed by atoms with E-state index in [0.29, 0.717) is 40.0 Å². The van der Waals surface area contributed by atoms with E-state index in [4.69, 9.17) is 9.47 Å². The Bertz CT molecular complexity index is 1060. The molecule has 7 nitrogen and oxygen atoms in total. The van der Waals surface area contributed by atoms with E-state index in [1.807, 2.05) is 30.5 Å². The molecule has 1 N–H and O–H groups in total. The fourth-order valence-electron chi connectivity index (χ4n) is 2.83. The molecule has 1 aromatic carbocycles. The van der Waals surface area contributed by atoms with Gasteiger partial charge in [-0.15, -0.1) is 11.3 Å². The molecule has 154 valence electrons. The van der Waals surface area contributed by atoms with E-state index < -0.39 is 0 Å². The summed E-state index contributed by atoms with van der Waals surface area (Å²) in [5.74, 6) is 1.30. The summed E-state index contributed by atoms with van der Waals surface area (Å²) in [6, 6.07) is 7.34. The summed E-state index contributed by atoms with van der Waals surface area (Å²) in [4.78, 5) is 29.6. The van der Waals surface area contributed by atoms with Crippen molar-refractivity contribution in [1.29, 1.82) is 0 Å². The maximum absolute atomic E-state index is 12.7. The van der Waals surface area contributed by atoms with Crippen molar-refractivity contribution >= 4 is 39.2 Å². The van der Waals surface area contributed by atoms with Crippen molar-refractivity contribution in [2.75, 3.05) is 20.0 Å². The van der Waals surface area contributed by atoms with E-state index >= 15 is 0 Å². The molecule has 1 amide bonds. The summed E-state index contributed by atoms with van der Waals surface area (Å²) < 4.78 is 12.8. The molecular formula is C20H23N3O4S2. The predicted octanol–water partition coefficient (Wildman–Crippen LogP) is 3.29. The van der Waals surface area contributed by atoms with Gasteiger partial charge >= 0.3 is 0 Å². The van der Waals surface area contributed by atoms with Gasteiger partial charge in [0.05, 0.1) is 25.5 Å². The quantitative estimate of drug-likeness (QED) is 0.412. The van der Waals surface area contributed by atoms with E-state index in [-0.39, 0.29) is 17.2 Å². The molecule has 0 saturated heterocycles. The maximum Gasteiger partial charge on any atom is 0.272 e. The largest absolute Gasteiger partial charge is 0.493 e. The van der Waals surface area contributed by atoms with Gasteiger partial charge in [-0.3, -0.25) is 14.2 Å². The highest BCUT2D eigenvalue weighted by molar-refractivity contribution is 7.99. The average Bonchev–Trinajstić information content (AvgIpc) is 3.21. The molecule has 0 atom stereocenters. The third-order valence-corrected chi connectivity index (χ3v) is 6.12. The number of nitrogens with one attached hydrogen (secondary N) is 1. The number of amides is 1. The van der Waals surface area contributed by atoms with Crippen molar-refractivity contribution in [2.24, 2.45) is 0 Å². The third kappa shape index (κ3) is 4.91. The van der Waals surface area contributed by atoms with Crippen molar-refractivity contribution in [2.45, 2.75) is 31.6 Å². The molecule has 0 aliphatic carbocycles. The van der Waals surface area contributed by atoms with Gasteiger partial charge in [-0.1, -0.05) is 24.8 Å². The van der Waals surface area contributed by atoms with Gasteiger partial charge in [-0.25, -0.2) is 4.98 Å². The number of aromatic nitrogens is 2. The Morgan fingerprint density at radius 3 is 2.76 bits per heavy atom. The second-order valence-corrected chi connectivity index (χ2v) is 8.10. The Kier molecular flexibility index (Phi) is 7.16. The molecule has 0 saturated carbocycles. The number of carbonyl (C=O) groups excluding carboxylic acids is 1. The minimum absolute atomic E-state index is 0.0416. The SMILES string of the molecule is CCCn1c(SCC(=O)NCc2ccc(OC)c(OC)c2)nc2ccsc2c1=O. The zero-order valence-corrected chi connectivity index (χ0v) is 18.2. The summed E-state index contributed by atoms with van der Waals surface area (Å²) in [7, 11) is 3.15. The number of carbonyl (C=O) groups is 1. The summed E-state index contributed by atoms with van der Waals surface area (Å²) in [5.41, 5.74) is 1.54. The van der Waals surface area contributed by atoms with Crippen molar-refractivity contribution in [3.8, 4) is 11.5 Å². The molecule has 0 fully saturated rings. The molecular weight excluding hydrogens is 410 g/mol. The Morgan fingerprint density at radius 2 is 2.03 bits per heavy atom. The topological polar surface area (TPSA) is 82.5 Å². The standard InChI is InChI=1S/C20H23N3O4S2/c1-4-8-23-19(25)18-14(7-9-28-18)22-20(23)29-12-17(24)21-11-13-5-6-15(26-2)16(10-13)27-3/h5-7,9-10H,4,8,11-12H2,1-3H3,(H,21,24). The third-order valence-electron chi connectivity index (χ3n) is 4.25. The van der Waals surface area contributed by atoms with Crippen molar-refractivity contribution < 1.29 is 14.3 Å². The van der Waals surface area contributed by atoms with Crippen LogP contribution in [0, 0.1) is 0 Å². The minimum atomic E-state index is -0.132. The highest BCUT2D eigenvalue weighted by atomic mass is 32.2. The minimum Gasteiger partial charge on any atom is -0.493 e. The van der Waals surface area contributed by atoms with Crippen LogP contribution < -0.4 is 20.3 Å². The Morgan fingerprint density at radius 1 is 1.24 bits per heavy atom. The number of benzene rings is 1. The van der Waals surface area contributed by atoms with Crippen molar-refractivity contribution in [1.82, 2.24) is 14.9 Å². The van der Waals surface area contributed by atoms with Crippen LogP contribution in [0.5, 0.6) is 11.5 Å². The summed E-state index contributed by atoms with van der Waals surface area (Å²) >= 11 is 2.67. The molecule has 0 unspecified atom stereocenters. The summed E-state index contributed by atoms with van der Waals surface area (Å²) in [5, 5.41) is 5.32. The van der Waals surface area contributed by atoms with Gasteiger partial charge in [-0.05, 0) is 35.6 Å². The Labute approximate surface area is 177 Å². The van der Waals surface area contributed by atoms with Crippen LogP contribution in [0.2, 0.25) is 0 Å². The van der Waals surface area contributed by atoms with Gasteiger partial charge in [0.1, 0.15) is 4.70 Å². The number of hydrogen-bond acceptors (Lipinski definition) is 7. The first kappa shape index (κ1) is 21.2. The Hall–Kier alpha value is -2.52. The van der Waals surface area contributed by atoms with Crippen LogP contribution in [0.1, 0.15) is 18.9 Å². The van der Waals surface area contributed by atoms with Crippen molar-refractivity contribution in [3.05, 3.63) is 45.6 Å². The second-order valence-electron chi connectivity index (χ2n) is 6.24. The van der Waals surface area contributed by atoms with E-state index in [1.54, 1.807) is 24.9 Å². The van der Waals surface area contributed by atoms with Crippen LogP contribution in [-0.4, -0.2) is 35.4 Å². The lowest BCUT2D eigenvalue weighted by Gasteiger charge is -2.12. The van der Waals surface area contributed by atoms with Crippen LogP contribution in [0.25, 0.3) is 10.2 Å². The van der Waals surface area contributed by atoms with Gasteiger partial charge in [0, 0.05) is 13.1 Å². The first-order chi connectivity index (χ1) is 14.1. The smallest absolute Gasteiger partial charge is 0.272 e.